The van der Waals surface area contributed by atoms with Crippen molar-refractivity contribution in [1.29, 1.82) is 0 Å². The van der Waals surface area contributed by atoms with E-state index in [1.54, 1.807) is 12.1 Å². The molecule has 100 valence electrons. The van der Waals surface area contributed by atoms with E-state index in [4.69, 9.17) is 0 Å². The zero-order chi connectivity index (χ0) is 13.0. The number of hydrogen-bond donors (Lipinski definition) is 2. The van der Waals surface area contributed by atoms with Gasteiger partial charge in [-0.2, -0.15) is 0 Å². The van der Waals surface area contributed by atoms with Gasteiger partial charge in [-0.15, -0.1) is 0 Å². The summed E-state index contributed by atoms with van der Waals surface area (Å²) >= 11 is 0. The molecule has 1 saturated carbocycles. The Bertz CT molecular complexity index is 495. The van der Waals surface area contributed by atoms with Crippen LogP contribution in [0.25, 0.3) is 0 Å². The Morgan fingerprint density at radius 2 is 2.00 bits per heavy atom. The zero-order valence-electron chi connectivity index (χ0n) is 10.6. The number of anilines is 1. The smallest absolute Gasteiger partial charge is 0.242 e. The number of rotatable bonds is 6. The molecule has 1 aliphatic rings. The molecule has 1 fully saturated rings. The average Bonchev–Trinajstić information content (AvgIpc) is 2.32. The van der Waals surface area contributed by atoms with Crippen molar-refractivity contribution in [1.82, 2.24) is 4.72 Å². The molecule has 0 aliphatic heterocycles. The molecular weight excluding hydrogens is 248 g/mol. The van der Waals surface area contributed by atoms with Gasteiger partial charge in [0.05, 0.1) is 5.69 Å². The number of sulfonamides is 1. The first-order valence-electron chi connectivity index (χ1n) is 6.48. The van der Waals surface area contributed by atoms with Crippen molar-refractivity contribution in [3.05, 3.63) is 24.3 Å². The molecule has 1 aliphatic carbocycles. The second-order valence-corrected chi connectivity index (χ2v) is 6.40. The van der Waals surface area contributed by atoms with E-state index in [0.717, 1.165) is 19.3 Å². The lowest BCUT2D eigenvalue weighted by Gasteiger charge is -2.28. The Hall–Kier alpha value is -1.07. The maximum Gasteiger partial charge on any atom is 0.242 e. The topological polar surface area (TPSA) is 58.2 Å². The minimum Gasteiger partial charge on any atom is -0.381 e. The first kappa shape index (κ1) is 13.4. The van der Waals surface area contributed by atoms with E-state index >= 15 is 0 Å². The highest BCUT2D eigenvalue weighted by atomic mass is 32.2. The van der Waals surface area contributed by atoms with Crippen molar-refractivity contribution in [2.75, 3.05) is 11.9 Å². The van der Waals surface area contributed by atoms with E-state index in [-0.39, 0.29) is 0 Å². The molecule has 0 aromatic heterocycles. The zero-order valence-corrected chi connectivity index (χ0v) is 11.5. The molecule has 0 atom stereocenters. The summed E-state index contributed by atoms with van der Waals surface area (Å²) in [6, 6.07) is 7.52. The van der Waals surface area contributed by atoms with Crippen LogP contribution in [0.4, 0.5) is 5.69 Å². The van der Waals surface area contributed by atoms with Gasteiger partial charge in [-0.05, 0) is 37.8 Å². The number of nitrogens with one attached hydrogen (secondary N) is 2. The van der Waals surface area contributed by atoms with E-state index < -0.39 is 10.0 Å². The van der Waals surface area contributed by atoms with Gasteiger partial charge >= 0.3 is 0 Å². The minimum atomic E-state index is -3.40. The highest BCUT2D eigenvalue weighted by Gasteiger charge is 2.22. The molecule has 0 radical (unpaired) electrons. The van der Waals surface area contributed by atoms with Crippen LogP contribution in [-0.2, 0) is 10.0 Å². The molecule has 2 N–H and O–H groups in total. The van der Waals surface area contributed by atoms with Crippen molar-refractivity contribution in [2.24, 2.45) is 0 Å². The highest BCUT2D eigenvalue weighted by molar-refractivity contribution is 7.89. The van der Waals surface area contributed by atoms with Crippen molar-refractivity contribution in [2.45, 2.75) is 43.5 Å². The number of para-hydroxylation sites is 1. The van der Waals surface area contributed by atoms with Crippen LogP contribution < -0.4 is 10.0 Å². The van der Waals surface area contributed by atoms with Gasteiger partial charge in [0.15, 0.2) is 0 Å². The summed E-state index contributed by atoms with van der Waals surface area (Å²) in [5.41, 5.74) is 0.714. The molecule has 1 aromatic carbocycles. The van der Waals surface area contributed by atoms with E-state index in [2.05, 4.69) is 10.0 Å². The average molecular weight is 268 g/mol. The first-order chi connectivity index (χ1) is 8.63. The van der Waals surface area contributed by atoms with Crippen molar-refractivity contribution in [3.8, 4) is 0 Å². The van der Waals surface area contributed by atoms with Crippen LogP contribution >= 0.6 is 0 Å². The van der Waals surface area contributed by atoms with E-state index in [0.29, 0.717) is 23.2 Å². The molecule has 1 aromatic rings. The molecule has 0 amide bonds. The molecule has 4 nitrogen and oxygen atoms in total. The van der Waals surface area contributed by atoms with Crippen LogP contribution in [0.5, 0.6) is 0 Å². The lowest BCUT2D eigenvalue weighted by Crippen LogP contribution is -2.30. The summed E-state index contributed by atoms with van der Waals surface area (Å²) in [7, 11) is -3.40. The highest BCUT2D eigenvalue weighted by Crippen LogP contribution is 2.27. The first-order valence-corrected chi connectivity index (χ1v) is 7.97. The van der Waals surface area contributed by atoms with Gasteiger partial charge in [0.2, 0.25) is 10.0 Å². The minimum absolute atomic E-state index is 0.352. The van der Waals surface area contributed by atoms with E-state index in [1.807, 2.05) is 19.1 Å². The van der Waals surface area contributed by atoms with Gasteiger partial charge in [-0.25, -0.2) is 13.1 Å². The molecule has 18 heavy (non-hydrogen) atoms. The summed E-state index contributed by atoms with van der Waals surface area (Å²) in [4.78, 5) is 0.352. The Balaban J connectivity index is 2.20. The fourth-order valence-electron chi connectivity index (χ4n) is 1.91. The third-order valence-corrected chi connectivity index (χ3v) is 4.70. The standard InChI is InChI=1S/C13H20N2O2S/c1-2-10-14-18(16,17)13-9-4-3-8-12(13)15-11-6-5-7-11/h3-4,8-9,11,14-15H,2,5-7,10H2,1H3. The van der Waals surface area contributed by atoms with Crippen LogP contribution in [0.2, 0.25) is 0 Å². The second kappa shape index (κ2) is 5.71. The van der Waals surface area contributed by atoms with Crippen LogP contribution in [0, 0.1) is 0 Å². The fourth-order valence-corrected chi connectivity index (χ4v) is 3.21. The van der Waals surface area contributed by atoms with Gasteiger partial charge < -0.3 is 5.32 Å². The Kier molecular flexibility index (Phi) is 4.24. The quantitative estimate of drug-likeness (QED) is 0.832. The van der Waals surface area contributed by atoms with E-state index in [9.17, 15) is 8.42 Å². The van der Waals surface area contributed by atoms with Crippen LogP contribution in [-0.4, -0.2) is 21.0 Å². The molecule has 0 spiro atoms. The van der Waals surface area contributed by atoms with Crippen molar-refractivity contribution >= 4 is 15.7 Å². The van der Waals surface area contributed by atoms with Gasteiger partial charge in [-0.3, -0.25) is 0 Å². The predicted octanol–water partition coefficient (Wildman–Crippen LogP) is 2.34. The Morgan fingerprint density at radius 3 is 2.61 bits per heavy atom. The van der Waals surface area contributed by atoms with Crippen LogP contribution in [0.1, 0.15) is 32.6 Å². The lowest BCUT2D eigenvalue weighted by atomic mass is 9.93. The van der Waals surface area contributed by atoms with Gasteiger partial charge in [0, 0.05) is 12.6 Å². The SMILES string of the molecule is CCCNS(=O)(=O)c1ccccc1NC1CCC1. The maximum atomic E-state index is 12.1. The molecule has 0 saturated heterocycles. The third-order valence-electron chi connectivity index (χ3n) is 3.18. The fraction of sp³-hybridized carbons (Fsp3) is 0.538. The molecule has 2 rings (SSSR count). The lowest BCUT2D eigenvalue weighted by molar-refractivity contribution is 0.445. The molecule has 5 heteroatoms. The molecular formula is C13H20N2O2S. The Labute approximate surface area is 109 Å². The predicted molar refractivity (Wildman–Crippen MR) is 73.2 cm³/mol. The van der Waals surface area contributed by atoms with Gasteiger partial charge in [-0.1, -0.05) is 19.1 Å². The largest absolute Gasteiger partial charge is 0.381 e. The third kappa shape index (κ3) is 3.03. The number of benzene rings is 1. The van der Waals surface area contributed by atoms with Crippen LogP contribution in [0.15, 0.2) is 29.2 Å². The van der Waals surface area contributed by atoms with Crippen molar-refractivity contribution < 1.29 is 8.42 Å². The van der Waals surface area contributed by atoms with Gasteiger partial charge in [0.1, 0.15) is 4.90 Å². The molecule has 0 unspecified atom stereocenters. The summed E-state index contributed by atoms with van der Waals surface area (Å²) < 4.78 is 26.9. The summed E-state index contributed by atoms with van der Waals surface area (Å²) in [5.74, 6) is 0. The van der Waals surface area contributed by atoms with Crippen molar-refractivity contribution in [3.63, 3.8) is 0 Å². The summed E-state index contributed by atoms with van der Waals surface area (Å²) in [6.07, 6.45) is 4.26. The molecule has 0 heterocycles. The van der Waals surface area contributed by atoms with Crippen LogP contribution in [0.3, 0.4) is 0 Å². The Morgan fingerprint density at radius 1 is 1.28 bits per heavy atom. The number of hydrogen-bond acceptors (Lipinski definition) is 3. The normalized spacial score (nSPS) is 16.3. The second-order valence-electron chi connectivity index (χ2n) is 4.67. The maximum absolute atomic E-state index is 12.1. The van der Waals surface area contributed by atoms with E-state index in [1.165, 1.54) is 6.42 Å². The molecule has 0 bridgehead atoms. The monoisotopic (exact) mass is 268 g/mol. The van der Waals surface area contributed by atoms with Gasteiger partial charge in [0.25, 0.3) is 0 Å². The summed E-state index contributed by atoms with van der Waals surface area (Å²) in [5, 5.41) is 3.31. The summed E-state index contributed by atoms with van der Waals surface area (Å²) in [6.45, 7) is 2.42.